The van der Waals surface area contributed by atoms with E-state index in [9.17, 15) is 4.79 Å². The van der Waals surface area contributed by atoms with Crippen molar-refractivity contribution in [3.05, 3.63) is 36.0 Å². The summed E-state index contributed by atoms with van der Waals surface area (Å²) in [6.07, 6.45) is 1.36. The van der Waals surface area contributed by atoms with Crippen molar-refractivity contribution < 1.29 is 9.53 Å². The second-order valence-corrected chi connectivity index (χ2v) is 5.31. The molecule has 0 aliphatic rings. The first-order chi connectivity index (χ1) is 8.37. The second-order valence-electron chi connectivity index (χ2n) is 5.31. The molecule has 1 amide bonds. The number of aryl methyl sites for hydroxylation is 1. The lowest BCUT2D eigenvalue weighted by atomic mass is 10.1. The molecule has 0 saturated heterocycles. The average molecular weight is 246 g/mol. The van der Waals surface area contributed by atoms with E-state index in [1.807, 2.05) is 58.2 Å². The van der Waals surface area contributed by atoms with Crippen molar-refractivity contribution >= 4 is 17.0 Å². The molecule has 0 bridgehead atoms. The predicted octanol–water partition coefficient (Wildman–Crippen LogP) is 3.43. The van der Waals surface area contributed by atoms with Crippen LogP contribution in [0.1, 0.15) is 26.3 Å². The number of nitrogens with one attached hydrogen (secondary N) is 1. The monoisotopic (exact) mass is 246 g/mol. The van der Waals surface area contributed by atoms with Gasteiger partial charge in [0, 0.05) is 11.6 Å². The number of ether oxygens (including phenoxy) is 1. The molecule has 96 valence electrons. The molecule has 0 fully saturated rings. The minimum absolute atomic E-state index is 0.457. The fourth-order valence-corrected chi connectivity index (χ4v) is 1.82. The summed E-state index contributed by atoms with van der Waals surface area (Å²) >= 11 is 0. The predicted molar refractivity (Wildman–Crippen MR) is 72.3 cm³/mol. The van der Waals surface area contributed by atoms with Gasteiger partial charge in [-0.15, -0.1) is 0 Å². The van der Waals surface area contributed by atoms with Gasteiger partial charge in [-0.1, -0.05) is 12.1 Å². The van der Waals surface area contributed by atoms with Crippen LogP contribution in [0.2, 0.25) is 0 Å². The first kappa shape index (κ1) is 12.5. The summed E-state index contributed by atoms with van der Waals surface area (Å²) in [5, 5.41) is 1.12. The van der Waals surface area contributed by atoms with Crippen molar-refractivity contribution in [3.8, 4) is 0 Å². The lowest BCUT2D eigenvalue weighted by Gasteiger charge is -2.20. The van der Waals surface area contributed by atoms with Crippen molar-refractivity contribution in [2.24, 2.45) is 0 Å². The molecule has 18 heavy (non-hydrogen) atoms. The molecule has 2 aromatic rings. The van der Waals surface area contributed by atoms with E-state index in [1.165, 1.54) is 5.56 Å². The van der Waals surface area contributed by atoms with Crippen molar-refractivity contribution in [2.45, 2.75) is 33.3 Å². The van der Waals surface area contributed by atoms with Crippen molar-refractivity contribution in [2.75, 3.05) is 5.43 Å². The van der Waals surface area contributed by atoms with E-state index < -0.39 is 11.7 Å². The number of nitrogens with zero attached hydrogens (tertiary/aromatic N) is 1. The standard InChI is InChI=1S/C14H18N2O2/c1-10-6-5-7-12-11(10)8-9-16(12)15-13(17)18-14(2,3)4/h5-9H,1-4H3,(H,15,17). The quantitative estimate of drug-likeness (QED) is 0.837. The van der Waals surface area contributed by atoms with Crippen molar-refractivity contribution in [1.82, 2.24) is 4.68 Å². The number of benzene rings is 1. The SMILES string of the molecule is Cc1cccc2c1ccn2NC(=O)OC(C)(C)C. The van der Waals surface area contributed by atoms with Crippen LogP contribution in [-0.4, -0.2) is 16.4 Å². The molecule has 0 radical (unpaired) electrons. The molecule has 1 aromatic carbocycles. The average Bonchev–Trinajstić information content (AvgIpc) is 2.60. The molecule has 4 nitrogen and oxygen atoms in total. The van der Waals surface area contributed by atoms with Gasteiger partial charge in [-0.25, -0.2) is 10.2 Å². The number of aromatic nitrogens is 1. The highest BCUT2D eigenvalue weighted by molar-refractivity contribution is 5.86. The fourth-order valence-electron chi connectivity index (χ4n) is 1.82. The fraction of sp³-hybridized carbons (Fsp3) is 0.357. The Balaban J connectivity index is 2.23. The van der Waals surface area contributed by atoms with Crippen LogP contribution >= 0.6 is 0 Å². The van der Waals surface area contributed by atoms with Crippen LogP contribution in [0.25, 0.3) is 10.9 Å². The van der Waals surface area contributed by atoms with Gasteiger partial charge >= 0.3 is 6.09 Å². The first-order valence-electron chi connectivity index (χ1n) is 5.93. The molecular weight excluding hydrogens is 228 g/mol. The van der Waals surface area contributed by atoms with Gasteiger partial charge in [-0.3, -0.25) is 4.68 Å². The Morgan fingerprint density at radius 2 is 2.00 bits per heavy atom. The Labute approximate surface area is 107 Å². The molecule has 2 rings (SSSR count). The van der Waals surface area contributed by atoms with E-state index >= 15 is 0 Å². The maximum Gasteiger partial charge on any atom is 0.426 e. The van der Waals surface area contributed by atoms with Gasteiger partial charge in [0.15, 0.2) is 0 Å². The molecule has 0 spiro atoms. The molecule has 1 heterocycles. The zero-order chi connectivity index (χ0) is 13.3. The Hall–Kier alpha value is -1.97. The van der Waals surface area contributed by atoms with Crippen LogP contribution in [-0.2, 0) is 4.74 Å². The lowest BCUT2D eigenvalue weighted by molar-refractivity contribution is 0.0614. The smallest absolute Gasteiger partial charge is 0.426 e. The van der Waals surface area contributed by atoms with Crippen LogP contribution in [0, 0.1) is 6.92 Å². The Kier molecular flexibility index (Phi) is 3.03. The molecule has 4 heteroatoms. The van der Waals surface area contributed by atoms with Gasteiger partial charge in [0.2, 0.25) is 0 Å². The normalized spacial score (nSPS) is 11.6. The van der Waals surface area contributed by atoms with Gasteiger partial charge in [0.25, 0.3) is 0 Å². The highest BCUT2D eigenvalue weighted by Gasteiger charge is 2.16. The summed E-state index contributed by atoms with van der Waals surface area (Å²) in [6, 6.07) is 7.94. The molecule has 0 aliphatic heterocycles. The number of hydrogen-bond acceptors (Lipinski definition) is 2. The van der Waals surface area contributed by atoms with Gasteiger partial charge in [0.05, 0.1) is 5.52 Å². The van der Waals surface area contributed by atoms with Gasteiger partial charge in [0.1, 0.15) is 5.60 Å². The summed E-state index contributed by atoms with van der Waals surface area (Å²) in [6.45, 7) is 7.56. The number of hydrogen-bond donors (Lipinski definition) is 1. The first-order valence-corrected chi connectivity index (χ1v) is 5.93. The number of carbonyl (C=O) groups excluding carboxylic acids is 1. The largest absolute Gasteiger partial charge is 0.443 e. The van der Waals surface area contributed by atoms with E-state index in [2.05, 4.69) is 5.43 Å². The van der Waals surface area contributed by atoms with E-state index in [4.69, 9.17) is 4.74 Å². The summed E-state index contributed by atoms with van der Waals surface area (Å²) in [5.41, 5.74) is 4.34. The summed E-state index contributed by atoms with van der Waals surface area (Å²) in [4.78, 5) is 11.7. The number of fused-ring (bicyclic) bond motifs is 1. The summed E-state index contributed by atoms with van der Waals surface area (Å²) in [7, 11) is 0. The molecule has 1 N–H and O–H groups in total. The van der Waals surface area contributed by atoms with E-state index in [-0.39, 0.29) is 0 Å². The zero-order valence-corrected chi connectivity index (χ0v) is 11.2. The summed E-state index contributed by atoms with van der Waals surface area (Å²) in [5.74, 6) is 0. The Morgan fingerprint density at radius 3 is 2.67 bits per heavy atom. The number of carbonyl (C=O) groups is 1. The maximum atomic E-state index is 11.7. The number of amides is 1. The van der Waals surface area contributed by atoms with E-state index in [0.29, 0.717) is 0 Å². The van der Waals surface area contributed by atoms with Crippen molar-refractivity contribution in [1.29, 1.82) is 0 Å². The molecule has 1 aromatic heterocycles. The van der Waals surface area contributed by atoms with Crippen LogP contribution < -0.4 is 5.43 Å². The second kappa shape index (κ2) is 4.37. The highest BCUT2D eigenvalue weighted by atomic mass is 16.6. The van der Waals surface area contributed by atoms with Gasteiger partial charge in [-0.05, 0) is 45.4 Å². The minimum Gasteiger partial charge on any atom is -0.443 e. The third kappa shape index (κ3) is 2.64. The Bertz CT molecular complexity index is 579. The maximum absolute atomic E-state index is 11.7. The molecule has 0 atom stereocenters. The third-order valence-corrected chi connectivity index (χ3v) is 2.56. The van der Waals surface area contributed by atoms with Crippen LogP contribution in [0.5, 0.6) is 0 Å². The number of rotatable bonds is 1. The summed E-state index contributed by atoms with van der Waals surface area (Å²) < 4.78 is 6.90. The third-order valence-electron chi connectivity index (χ3n) is 2.56. The highest BCUT2D eigenvalue weighted by Crippen LogP contribution is 2.18. The Morgan fingerprint density at radius 1 is 1.28 bits per heavy atom. The molecule has 0 aliphatic carbocycles. The molecular formula is C14H18N2O2. The van der Waals surface area contributed by atoms with Crippen LogP contribution in [0.4, 0.5) is 4.79 Å². The zero-order valence-electron chi connectivity index (χ0n) is 11.2. The van der Waals surface area contributed by atoms with E-state index in [1.54, 1.807) is 4.68 Å². The van der Waals surface area contributed by atoms with Gasteiger partial charge in [-0.2, -0.15) is 0 Å². The van der Waals surface area contributed by atoms with Crippen LogP contribution in [0.3, 0.4) is 0 Å². The van der Waals surface area contributed by atoms with E-state index in [0.717, 1.165) is 10.9 Å². The topological polar surface area (TPSA) is 43.3 Å². The van der Waals surface area contributed by atoms with Crippen molar-refractivity contribution in [3.63, 3.8) is 0 Å². The minimum atomic E-state index is -0.497. The molecule has 0 unspecified atom stereocenters. The lowest BCUT2D eigenvalue weighted by Crippen LogP contribution is -2.31. The van der Waals surface area contributed by atoms with Crippen LogP contribution in [0.15, 0.2) is 30.5 Å². The molecule has 0 saturated carbocycles. The van der Waals surface area contributed by atoms with Gasteiger partial charge < -0.3 is 4.74 Å².